The summed E-state index contributed by atoms with van der Waals surface area (Å²) in [5.74, 6) is 0.682. The molecular formula is C14H20N2O4. The van der Waals surface area contributed by atoms with Crippen molar-refractivity contribution in [1.29, 1.82) is 0 Å². The highest BCUT2D eigenvalue weighted by Gasteiger charge is 2.31. The third-order valence-electron chi connectivity index (χ3n) is 3.70. The fraction of sp³-hybridized carbons (Fsp3) is 0.714. The highest BCUT2D eigenvalue weighted by atomic mass is 16.5. The molecular weight excluding hydrogens is 260 g/mol. The summed E-state index contributed by atoms with van der Waals surface area (Å²) in [6.07, 6.45) is 3.36. The number of nitrogens with zero attached hydrogens (tertiary/aromatic N) is 1. The minimum absolute atomic E-state index is 0.0253. The van der Waals surface area contributed by atoms with Gasteiger partial charge in [-0.05, 0) is 32.1 Å². The smallest absolute Gasteiger partial charge is 0.290 e. The maximum atomic E-state index is 12.1. The lowest BCUT2D eigenvalue weighted by Gasteiger charge is -2.31. The second-order valence-electron chi connectivity index (χ2n) is 5.59. The van der Waals surface area contributed by atoms with Gasteiger partial charge in [0.05, 0.1) is 24.4 Å². The molecule has 1 amide bonds. The third kappa shape index (κ3) is 3.37. The summed E-state index contributed by atoms with van der Waals surface area (Å²) in [5.41, 5.74) is 0.691. The van der Waals surface area contributed by atoms with E-state index in [2.05, 4.69) is 10.5 Å². The van der Waals surface area contributed by atoms with Crippen molar-refractivity contribution in [2.45, 2.75) is 38.3 Å². The van der Waals surface area contributed by atoms with Crippen LogP contribution in [0.4, 0.5) is 0 Å². The zero-order valence-electron chi connectivity index (χ0n) is 11.6. The van der Waals surface area contributed by atoms with Crippen molar-refractivity contribution in [3.8, 4) is 0 Å². The Bertz CT molecular complexity index is 469. The van der Waals surface area contributed by atoms with Crippen LogP contribution in [-0.2, 0) is 9.47 Å². The molecule has 1 N–H and O–H groups in total. The van der Waals surface area contributed by atoms with Crippen molar-refractivity contribution in [2.24, 2.45) is 5.92 Å². The van der Waals surface area contributed by atoms with Crippen molar-refractivity contribution in [1.82, 2.24) is 10.5 Å². The van der Waals surface area contributed by atoms with Crippen molar-refractivity contribution in [3.63, 3.8) is 0 Å². The van der Waals surface area contributed by atoms with E-state index < -0.39 is 0 Å². The molecule has 0 radical (unpaired) electrons. The molecule has 1 aliphatic carbocycles. The molecule has 2 heterocycles. The number of aryl methyl sites for hydroxylation is 1. The summed E-state index contributed by atoms with van der Waals surface area (Å²) >= 11 is 0. The number of nitrogens with one attached hydrogen (secondary N) is 1. The predicted octanol–water partition coefficient (Wildman–Crippen LogP) is 1.30. The molecule has 6 nitrogen and oxygen atoms in total. The van der Waals surface area contributed by atoms with E-state index in [0.29, 0.717) is 24.8 Å². The lowest BCUT2D eigenvalue weighted by atomic mass is 10.1. The largest absolute Gasteiger partial charge is 0.379 e. The lowest BCUT2D eigenvalue weighted by Crippen LogP contribution is -2.50. The lowest BCUT2D eigenvalue weighted by molar-refractivity contribution is -0.0569. The van der Waals surface area contributed by atoms with E-state index in [1.165, 1.54) is 12.8 Å². The van der Waals surface area contributed by atoms with Gasteiger partial charge in [0.2, 0.25) is 5.76 Å². The molecule has 3 rings (SSSR count). The number of hydrogen-bond acceptors (Lipinski definition) is 5. The maximum absolute atomic E-state index is 12.1. The van der Waals surface area contributed by atoms with Crippen LogP contribution in [0, 0.1) is 12.8 Å². The van der Waals surface area contributed by atoms with Crippen molar-refractivity contribution >= 4 is 5.91 Å². The molecule has 1 saturated carbocycles. The minimum Gasteiger partial charge on any atom is -0.379 e. The van der Waals surface area contributed by atoms with Crippen LogP contribution in [0.1, 0.15) is 35.5 Å². The Morgan fingerprint density at radius 3 is 3.05 bits per heavy atom. The van der Waals surface area contributed by atoms with E-state index in [0.717, 1.165) is 13.0 Å². The zero-order chi connectivity index (χ0) is 13.9. The average molecular weight is 280 g/mol. The normalized spacial score (nSPS) is 26.4. The topological polar surface area (TPSA) is 73.6 Å². The maximum Gasteiger partial charge on any atom is 0.290 e. The number of carbonyl (C=O) groups excluding carboxylic acids is 1. The van der Waals surface area contributed by atoms with Crippen LogP contribution in [0.2, 0.25) is 0 Å². The van der Waals surface area contributed by atoms with E-state index in [4.69, 9.17) is 14.0 Å². The highest BCUT2D eigenvalue weighted by Crippen LogP contribution is 2.30. The van der Waals surface area contributed by atoms with Gasteiger partial charge in [0.15, 0.2) is 0 Å². The molecule has 2 atom stereocenters. The number of rotatable bonds is 5. The van der Waals surface area contributed by atoms with Gasteiger partial charge >= 0.3 is 0 Å². The Hall–Kier alpha value is -1.40. The number of hydrogen-bond donors (Lipinski definition) is 1. The molecule has 6 heteroatoms. The first-order chi connectivity index (χ1) is 9.72. The molecule has 1 aliphatic heterocycles. The van der Waals surface area contributed by atoms with E-state index in [-0.39, 0.29) is 23.8 Å². The van der Waals surface area contributed by atoms with Gasteiger partial charge in [-0.25, -0.2) is 0 Å². The van der Waals surface area contributed by atoms with Gasteiger partial charge in [-0.1, -0.05) is 5.16 Å². The molecule has 1 saturated heterocycles. The first kappa shape index (κ1) is 13.6. The van der Waals surface area contributed by atoms with Crippen LogP contribution in [-0.4, -0.2) is 43.0 Å². The molecule has 1 aromatic rings. The summed E-state index contributed by atoms with van der Waals surface area (Å²) in [6.45, 7) is 3.74. The fourth-order valence-electron chi connectivity index (χ4n) is 2.31. The Kier molecular flexibility index (Phi) is 4.03. The van der Waals surface area contributed by atoms with E-state index in [1.54, 1.807) is 13.0 Å². The van der Waals surface area contributed by atoms with Crippen molar-refractivity contribution < 1.29 is 18.8 Å². The highest BCUT2D eigenvalue weighted by molar-refractivity contribution is 5.91. The summed E-state index contributed by atoms with van der Waals surface area (Å²) in [7, 11) is 0. The SMILES string of the molecule is Cc1cc(C(=O)N[C@@H]2COCC[C@@H]2OCC2CC2)on1. The molecule has 2 fully saturated rings. The van der Waals surface area contributed by atoms with Gasteiger partial charge < -0.3 is 19.3 Å². The van der Waals surface area contributed by atoms with Gasteiger partial charge in [0.1, 0.15) is 0 Å². The summed E-state index contributed by atoms with van der Waals surface area (Å²) < 4.78 is 16.3. The predicted molar refractivity (Wildman–Crippen MR) is 70.4 cm³/mol. The Morgan fingerprint density at radius 1 is 1.50 bits per heavy atom. The third-order valence-corrected chi connectivity index (χ3v) is 3.70. The standard InChI is InChI=1S/C14H20N2O4/c1-9-6-13(20-16-9)14(17)15-11-8-18-5-4-12(11)19-7-10-2-3-10/h6,10-12H,2-5,7-8H2,1H3,(H,15,17)/t11-,12+/m1/s1. The van der Waals surface area contributed by atoms with Crippen LogP contribution < -0.4 is 5.32 Å². The molecule has 2 aliphatic rings. The number of amides is 1. The van der Waals surface area contributed by atoms with Crippen LogP contribution in [0.3, 0.4) is 0 Å². The Labute approximate surface area is 117 Å². The van der Waals surface area contributed by atoms with E-state index in [1.807, 2.05) is 0 Å². The van der Waals surface area contributed by atoms with Gasteiger partial charge in [0.25, 0.3) is 5.91 Å². The van der Waals surface area contributed by atoms with Crippen LogP contribution in [0.15, 0.2) is 10.6 Å². The van der Waals surface area contributed by atoms with Gasteiger partial charge in [0, 0.05) is 19.3 Å². The Morgan fingerprint density at radius 2 is 2.35 bits per heavy atom. The molecule has 20 heavy (non-hydrogen) atoms. The molecule has 0 spiro atoms. The first-order valence-corrected chi connectivity index (χ1v) is 7.16. The second kappa shape index (κ2) is 5.93. The van der Waals surface area contributed by atoms with Crippen molar-refractivity contribution in [3.05, 3.63) is 17.5 Å². The number of carbonyl (C=O) groups is 1. The monoisotopic (exact) mass is 280 g/mol. The molecule has 0 unspecified atom stereocenters. The summed E-state index contributed by atoms with van der Waals surface area (Å²) in [4.78, 5) is 12.1. The van der Waals surface area contributed by atoms with E-state index >= 15 is 0 Å². The first-order valence-electron chi connectivity index (χ1n) is 7.16. The minimum atomic E-state index is -0.263. The average Bonchev–Trinajstić information content (AvgIpc) is 3.18. The second-order valence-corrected chi connectivity index (χ2v) is 5.59. The fourth-order valence-corrected chi connectivity index (χ4v) is 2.31. The van der Waals surface area contributed by atoms with Crippen LogP contribution >= 0.6 is 0 Å². The Balaban J connectivity index is 1.56. The molecule has 0 aromatic carbocycles. The summed E-state index contributed by atoms with van der Waals surface area (Å²) in [6, 6.07) is 1.50. The number of ether oxygens (including phenoxy) is 2. The molecule has 1 aromatic heterocycles. The van der Waals surface area contributed by atoms with Crippen molar-refractivity contribution in [2.75, 3.05) is 19.8 Å². The molecule has 0 bridgehead atoms. The molecule has 110 valence electrons. The quantitative estimate of drug-likeness (QED) is 0.880. The van der Waals surface area contributed by atoms with Gasteiger partial charge in [-0.3, -0.25) is 4.79 Å². The van der Waals surface area contributed by atoms with Gasteiger partial charge in [-0.2, -0.15) is 0 Å². The van der Waals surface area contributed by atoms with Gasteiger partial charge in [-0.15, -0.1) is 0 Å². The van der Waals surface area contributed by atoms with Crippen LogP contribution in [0.25, 0.3) is 0 Å². The van der Waals surface area contributed by atoms with Crippen LogP contribution in [0.5, 0.6) is 0 Å². The number of aromatic nitrogens is 1. The summed E-state index contributed by atoms with van der Waals surface area (Å²) in [5, 5.41) is 6.64. The zero-order valence-corrected chi connectivity index (χ0v) is 11.6. The van der Waals surface area contributed by atoms with E-state index in [9.17, 15) is 4.79 Å².